The Bertz CT molecular complexity index is 332. The van der Waals surface area contributed by atoms with Gasteiger partial charge in [-0.05, 0) is 24.3 Å². The van der Waals surface area contributed by atoms with Crippen molar-refractivity contribution >= 4 is 5.97 Å². The Labute approximate surface area is 76.0 Å². The Hall–Kier alpha value is -1.95. The molecule has 0 fully saturated rings. The molecule has 0 saturated heterocycles. The van der Waals surface area contributed by atoms with Gasteiger partial charge in [-0.15, -0.1) is 6.42 Å². The van der Waals surface area contributed by atoms with Gasteiger partial charge in [0.1, 0.15) is 12.4 Å². The lowest BCUT2D eigenvalue weighted by Crippen LogP contribution is -2.28. The molecule has 1 rings (SSSR count). The first-order chi connectivity index (χ1) is 6.22. The maximum absolute atomic E-state index is 10.0. The lowest BCUT2D eigenvalue weighted by Gasteiger charge is -2.05. The molecule has 1 aromatic rings. The van der Waals surface area contributed by atoms with Crippen LogP contribution in [-0.2, 0) is 4.79 Å². The summed E-state index contributed by atoms with van der Waals surface area (Å²) in [5, 5.41) is 10.0. The van der Waals surface area contributed by atoms with Crippen LogP contribution in [0.5, 0.6) is 5.75 Å². The van der Waals surface area contributed by atoms with Crippen LogP contribution >= 0.6 is 0 Å². The quantitative estimate of drug-likeness (QED) is 0.597. The second-order valence-corrected chi connectivity index (χ2v) is 2.33. The fourth-order valence-electron chi connectivity index (χ4n) is 0.790. The van der Waals surface area contributed by atoms with Gasteiger partial charge in [0, 0.05) is 5.56 Å². The third-order valence-electron chi connectivity index (χ3n) is 1.38. The number of carbonyl (C=O) groups excluding carboxylic acids is 1. The molecule has 13 heavy (non-hydrogen) atoms. The largest absolute Gasteiger partial charge is 0.546 e. The Morgan fingerprint density at radius 1 is 1.46 bits per heavy atom. The Balaban J connectivity index is 2.60. The maximum atomic E-state index is 10.0. The van der Waals surface area contributed by atoms with Crippen LogP contribution in [0.3, 0.4) is 0 Å². The number of hydrogen-bond acceptors (Lipinski definition) is 3. The molecule has 66 valence electrons. The smallest absolute Gasteiger partial charge is 0.128 e. The topological polar surface area (TPSA) is 49.4 Å². The molecule has 3 heteroatoms. The molecule has 0 aromatic heterocycles. The third-order valence-corrected chi connectivity index (χ3v) is 1.38. The molecule has 1 aromatic carbocycles. The summed E-state index contributed by atoms with van der Waals surface area (Å²) in [5.74, 6) is 1.65. The average molecular weight is 175 g/mol. The lowest BCUT2D eigenvalue weighted by molar-refractivity contribution is -0.307. The first-order valence-electron chi connectivity index (χ1n) is 3.61. The second-order valence-electron chi connectivity index (χ2n) is 2.33. The molecule has 0 unspecified atom stereocenters. The highest BCUT2D eigenvalue weighted by atomic mass is 16.5. The van der Waals surface area contributed by atoms with Crippen LogP contribution in [0, 0.1) is 12.3 Å². The van der Waals surface area contributed by atoms with Gasteiger partial charge in [-0.1, -0.05) is 5.92 Å². The van der Waals surface area contributed by atoms with Crippen molar-refractivity contribution in [1.82, 2.24) is 0 Å². The van der Waals surface area contributed by atoms with Crippen molar-refractivity contribution in [3.8, 4) is 18.1 Å². The van der Waals surface area contributed by atoms with Crippen LogP contribution in [0.15, 0.2) is 24.3 Å². The highest BCUT2D eigenvalue weighted by Gasteiger charge is 1.92. The Morgan fingerprint density at radius 3 is 2.54 bits per heavy atom. The number of benzene rings is 1. The van der Waals surface area contributed by atoms with Crippen molar-refractivity contribution in [2.45, 2.75) is 0 Å². The second kappa shape index (κ2) is 4.17. The number of rotatable bonds is 3. The molecule has 0 heterocycles. The van der Waals surface area contributed by atoms with Crippen LogP contribution in [0.1, 0.15) is 5.56 Å². The number of terminal acetylenes is 1. The van der Waals surface area contributed by atoms with E-state index in [0.29, 0.717) is 5.75 Å². The summed E-state index contributed by atoms with van der Waals surface area (Å²) >= 11 is 0. The molecule has 3 nitrogen and oxygen atoms in total. The molecular weight excluding hydrogens is 168 g/mol. The van der Waals surface area contributed by atoms with E-state index in [4.69, 9.17) is 11.2 Å². The first kappa shape index (κ1) is 9.14. The number of aliphatic carboxylic acids is 1. The molecule has 0 radical (unpaired) electrons. The van der Waals surface area contributed by atoms with Gasteiger partial charge in [-0.2, -0.15) is 0 Å². The molecule has 0 bridgehead atoms. The fourth-order valence-corrected chi connectivity index (χ4v) is 0.790. The normalized spacial score (nSPS) is 8.85. The number of hydrogen-bond donors (Lipinski definition) is 0. The molecule has 0 amide bonds. The monoisotopic (exact) mass is 175 g/mol. The van der Waals surface area contributed by atoms with E-state index in [9.17, 15) is 9.90 Å². The van der Waals surface area contributed by atoms with E-state index in [2.05, 4.69) is 5.92 Å². The van der Waals surface area contributed by atoms with Crippen LogP contribution in [0.25, 0.3) is 0 Å². The maximum Gasteiger partial charge on any atom is 0.128 e. The van der Waals surface area contributed by atoms with Gasteiger partial charge in [0.15, 0.2) is 0 Å². The minimum Gasteiger partial charge on any atom is -0.546 e. The van der Waals surface area contributed by atoms with E-state index in [0.717, 1.165) is 5.56 Å². The third kappa shape index (κ3) is 2.88. The summed E-state index contributed by atoms with van der Waals surface area (Å²) in [6.45, 7) is -0.449. The van der Waals surface area contributed by atoms with Gasteiger partial charge in [0.25, 0.3) is 0 Å². The average Bonchev–Trinajstić information content (AvgIpc) is 2.15. The molecule has 0 aliphatic heterocycles. The fraction of sp³-hybridized carbons (Fsp3) is 0.100. The van der Waals surface area contributed by atoms with E-state index >= 15 is 0 Å². The zero-order chi connectivity index (χ0) is 9.68. The van der Waals surface area contributed by atoms with Crippen molar-refractivity contribution in [2.75, 3.05) is 6.61 Å². The minimum absolute atomic E-state index is 0.449. The lowest BCUT2D eigenvalue weighted by atomic mass is 10.2. The van der Waals surface area contributed by atoms with Gasteiger partial charge < -0.3 is 14.6 Å². The van der Waals surface area contributed by atoms with E-state index in [1.54, 1.807) is 24.3 Å². The zero-order valence-electron chi connectivity index (χ0n) is 6.82. The van der Waals surface area contributed by atoms with Crippen molar-refractivity contribution in [2.24, 2.45) is 0 Å². The number of carboxylic acids is 1. The van der Waals surface area contributed by atoms with Crippen molar-refractivity contribution in [3.63, 3.8) is 0 Å². The predicted molar refractivity (Wildman–Crippen MR) is 44.9 cm³/mol. The van der Waals surface area contributed by atoms with Crippen LogP contribution in [-0.4, -0.2) is 12.6 Å². The summed E-state index contributed by atoms with van der Waals surface area (Å²) in [6.07, 6.45) is 5.13. The van der Waals surface area contributed by atoms with Gasteiger partial charge in [-0.25, -0.2) is 0 Å². The minimum atomic E-state index is -1.25. The molecule has 0 atom stereocenters. The van der Waals surface area contributed by atoms with E-state index in [-0.39, 0.29) is 0 Å². The van der Waals surface area contributed by atoms with Gasteiger partial charge >= 0.3 is 0 Å². The summed E-state index contributed by atoms with van der Waals surface area (Å²) in [7, 11) is 0. The SMILES string of the molecule is C#Cc1ccc(OCC(=O)[O-])cc1. The molecular formula is C10H7O3-. The number of carbonyl (C=O) groups is 1. The van der Waals surface area contributed by atoms with Gasteiger partial charge in [0.05, 0.1) is 5.97 Å². The van der Waals surface area contributed by atoms with E-state index < -0.39 is 12.6 Å². The van der Waals surface area contributed by atoms with Gasteiger partial charge in [0.2, 0.25) is 0 Å². The summed E-state index contributed by atoms with van der Waals surface area (Å²) in [6, 6.07) is 6.56. The first-order valence-corrected chi connectivity index (χ1v) is 3.61. The zero-order valence-corrected chi connectivity index (χ0v) is 6.82. The summed E-state index contributed by atoms with van der Waals surface area (Å²) in [5.41, 5.74) is 0.723. The van der Waals surface area contributed by atoms with E-state index in [1.807, 2.05) is 0 Å². The number of carboxylic acid groups (broad SMARTS) is 1. The highest BCUT2D eigenvalue weighted by molar-refractivity contribution is 5.66. The highest BCUT2D eigenvalue weighted by Crippen LogP contribution is 2.10. The van der Waals surface area contributed by atoms with E-state index in [1.165, 1.54) is 0 Å². The molecule has 0 saturated carbocycles. The standard InChI is InChI=1S/C10H8O3/c1-2-8-3-5-9(6-4-8)13-7-10(11)12/h1,3-6H,7H2,(H,11,12)/p-1. The van der Waals surface area contributed by atoms with Gasteiger partial charge in [-0.3, -0.25) is 0 Å². The molecule has 0 aliphatic carbocycles. The Morgan fingerprint density at radius 2 is 2.08 bits per heavy atom. The van der Waals surface area contributed by atoms with Crippen LogP contribution in [0.4, 0.5) is 0 Å². The number of ether oxygens (including phenoxy) is 1. The molecule has 0 N–H and O–H groups in total. The van der Waals surface area contributed by atoms with Crippen LogP contribution < -0.4 is 9.84 Å². The van der Waals surface area contributed by atoms with Crippen LogP contribution in [0.2, 0.25) is 0 Å². The van der Waals surface area contributed by atoms with Crippen molar-refractivity contribution in [3.05, 3.63) is 29.8 Å². The predicted octanol–water partition coefficient (Wildman–Crippen LogP) is -0.203. The van der Waals surface area contributed by atoms with Crippen molar-refractivity contribution in [1.29, 1.82) is 0 Å². The molecule has 0 spiro atoms. The Kier molecular flexibility index (Phi) is 2.93. The molecule has 0 aliphatic rings. The summed E-state index contributed by atoms with van der Waals surface area (Å²) in [4.78, 5) is 10.0. The summed E-state index contributed by atoms with van der Waals surface area (Å²) < 4.78 is 4.84. The van der Waals surface area contributed by atoms with Crippen molar-refractivity contribution < 1.29 is 14.6 Å².